The van der Waals surface area contributed by atoms with Crippen molar-refractivity contribution in [3.8, 4) is 5.75 Å². The van der Waals surface area contributed by atoms with Gasteiger partial charge >= 0.3 is 0 Å². The number of rotatable bonds is 7. The van der Waals surface area contributed by atoms with Crippen LogP contribution >= 0.6 is 11.8 Å². The van der Waals surface area contributed by atoms with Crippen LogP contribution in [0.2, 0.25) is 0 Å². The van der Waals surface area contributed by atoms with Gasteiger partial charge in [0.2, 0.25) is 5.91 Å². The molecule has 0 saturated carbocycles. The number of ether oxygens (including phenoxy) is 1. The van der Waals surface area contributed by atoms with Gasteiger partial charge in [-0.15, -0.1) is 10.2 Å². The fourth-order valence-electron chi connectivity index (χ4n) is 2.60. The zero-order valence-electron chi connectivity index (χ0n) is 16.4. The Kier molecular flexibility index (Phi) is 6.36. The van der Waals surface area contributed by atoms with E-state index < -0.39 is 0 Å². The van der Waals surface area contributed by atoms with Gasteiger partial charge in [0.1, 0.15) is 5.75 Å². The zero-order chi connectivity index (χ0) is 20.1. The molecule has 0 aliphatic carbocycles. The van der Waals surface area contributed by atoms with E-state index in [1.54, 1.807) is 11.9 Å². The highest BCUT2D eigenvalue weighted by atomic mass is 32.2. The van der Waals surface area contributed by atoms with Gasteiger partial charge in [-0.25, -0.2) is 0 Å². The highest BCUT2D eigenvalue weighted by Crippen LogP contribution is 2.26. The number of carbonyl (C=O) groups excluding carboxylic acids is 1. The van der Waals surface area contributed by atoms with Crippen molar-refractivity contribution in [2.24, 2.45) is 0 Å². The Labute approximate surface area is 168 Å². The zero-order valence-corrected chi connectivity index (χ0v) is 17.2. The van der Waals surface area contributed by atoms with Crippen LogP contribution in [-0.4, -0.2) is 28.4 Å². The molecule has 0 aliphatic rings. The number of para-hydroxylation sites is 1. The lowest BCUT2D eigenvalue weighted by atomic mass is 10.1. The number of benzene rings is 2. The maximum absolute atomic E-state index is 12.6. The third-order valence-electron chi connectivity index (χ3n) is 4.24. The normalized spacial score (nSPS) is 11.9. The van der Waals surface area contributed by atoms with Gasteiger partial charge in [0, 0.05) is 12.7 Å². The Morgan fingerprint density at radius 3 is 2.68 bits per heavy atom. The number of aryl methyl sites for hydroxylation is 2. The lowest BCUT2D eigenvalue weighted by Crippen LogP contribution is -2.33. The fourth-order valence-corrected chi connectivity index (χ4v) is 3.39. The summed E-state index contributed by atoms with van der Waals surface area (Å²) in [5.74, 6) is 1.13. The molecule has 3 rings (SSSR count). The van der Waals surface area contributed by atoms with Crippen molar-refractivity contribution in [3.63, 3.8) is 0 Å². The first kappa shape index (κ1) is 19.9. The second-order valence-electron chi connectivity index (χ2n) is 6.51. The minimum atomic E-state index is -0.363. The molecule has 146 valence electrons. The Morgan fingerprint density at radius 1 is 1.18 bits per heavy atom. The highest BCUT2D eigenvalue weighted by molar-refractivity contribution is 8.00. The van der Waals surface area contributed by atoms with Gasteiger partial charge in [-0.1, -0.05) is 42.1 Å². The van der Waals surface area contributed by atoms with E-state index in [9.17, 15) is 4.79 Å². The molecule has 1 unspecified atom stereocenters. The summed E-state index contributed by atoms with van der Waals surface area (Å²) in [6.07, 6.45) is 0. The molecule has 7 heteroatoms. The molecule has 2 aromatic carbocycles. The lowest BCUT2D eigenvalue weighted by Gasteiger charge is -2.20. The number of hydrogen-bond acceptors (Lipinski definition) is 6. The van der Waals surface area contributed by atoms with Crippen LogP contribution in [0.4, 0.5) is 5.69 Å². The summed E-state index contributed by atoms with van der Waals surface area (Å²) in [6, 6.07) is 15.5. The van der Waals surface area contributed by atoms with E-state index in [-0.39, 0.29) is 17.8 Å². The van der Waals surface area contributed by atoms with Crippen LogP contribution in [0.1, 0.15) is 23.9 Å². The molecule has 3 aromatic rings. The second-order valence-corrected chi connectivity index (χ2v) is 7.80. The first-order valence-corrected chi connectivity index (χ1v) is 9.83. The summed E-state index contributed by atoms with van der Waals surface area (Å²) < 4.78 is 11.4. The van der Waals surface area contributed by atoms with Crippen molar-refractivity contribution < 1.29 is 13.9 Å². The molecule has 0 bridgehead atoms. The number of aromatic nitrogens is 2. The van der Waals surface area contributed by atoms with Crippen molar-refractivity contribution >= 4 is 23.4 Å². The third kappa shape index (κ3) is 4.92. The van der Waals surface area contributed by atoms with Crippen molar-refractivity contribution in [2.75, 3.05) is 11.9 Å². The summed E-state index contributed by atoms with van der Waals surface area (Å²) in [5, 5.41) is 8.02. The molecular weight excluding hydrogens is 374 g/mol. The van der Waals surface area contributed by atoms with Gasteiger partial charge in [-0.05, 0) is 50.1 Å². The molecule has 1 aromatic heterocycles. The van der Waals surface area contributed by atoms with E-state index in [0.717, 1.165) is 22.6 Å². The minimum Gasteiger partial charge on any atom is -0.484 e. The standard InChI is InChI=1S/C21H23N3O3S/c1-14-10-11-15(2)18(12-14)26-13-19-22-23-21(27-19)28-16(3)20(25)24(4)17-8-6-5-7-9-17/h5-12,16H,13H2,1-4H3. The molecular formula is C21H23N3O3S. The van der Waals surface area contributed by atoms with Gasteiger partial charge in [0.05, 0.1) is 5.25 Å². The molecule has 0 N–H and O–H groups in total. The van der Waals surface area contributed by atoms with Crippen LogP contribution in [0.5, 0.6) is 5.75 Å². The smallest absolute Gasteiger partial charge is 0.277 e. The second kappa shape index (κ2) is 8.93. The molecule has 6 nitrogen and oxygen atoms in total. The maximum atomic E-state index is 12.6. The van der Waals surface area contributed by atoms with E-state index in [2.05, 4.69) is 10.2 Å². The van der Waals surface area contributed by atoms with Crippen LogP contribution < -0.4 is 9.64 Å². The quantitative estimate of drug-likeness (QED) is 0.550. The molecule has 0 fully saturated rings. The summed E-state index contributed by atoms with van der Waals surface area (Å²) in [5.41, 5.74) is 3.01. The van der Waals surface area contributed by atoms with E-state index >= 15 is 0 Å². The number of carbonyl (C=O) groups is 1. The van der Waals surface area contributed by atoms with Crippen LogP contribution in [0.15, 0.2) is 58.2 Å². The van der Waals surface area contributed by atoms with E-state index in [1.807, 2.05) is 69.3 Å². The topological polar surface area (TPSA) is 68.5 Å². The van der Waals surface area contributed by atoms with E-state index in [4.69, 9.17) is 9.15 Å². The summed E-state index contributed by atoms with van der Waals surface area (Å²) in [4.78, 5) is 14.2. The van der Waals surface area contributed by atoms with Gasteiger partial charge in [0.15, 0.2) is 6.61 Å². The summed E-state index contributed by atoms with van der Waals surface area (Å²) in [6.45, 7) is 6.01. The minimum absolute atomic E-state index is 0.0393. The van der Waals surface area contributed by atoms with Gasteiger partial charge in [0.25, 0.3) is 11.1 Å². The number of thioether (sulfide) groups is 1. The lowest BCUT2D eigenvalue weighted by molar-refractivity contribution is -0.117. The van der Waals surface area contributed by atoms with E-state index in [1.165, 1.54) is 11.8 Å². The molecule has 1 amide bonds. The Morgan fingerprint density at radius 2 is 1.93 bits per heavy atom. The molecule has 0 radical (unpaired) electrons. The molecule has 0 aliphatic heterocycles. The van der Waals surface area contributed by atoms with Crippen LogP contribution in [0, 0.1) is 13.8 Å². The first-order chi connectivity index (χ1) is 13.4. The van der Waals surface area contributed by atoms with Crippen molar-refractivity contribution in [3.05, 3.63) is 65.5 Å². The summed E-state index contributed by atoms with van der Waals surface area (Å²) in [7, 11) is 1.76. The Bertz CT molecular complexity index is 943. The van der Waals surface area contributed by atoms with Gasteiger partial charge in [-0.3, -0.25) is 4.79 Å². The SMILES string of the molecule is Cc1ccc(C)c(OCc2nnc(SC(C)C(=O)N(C)c3ccccc3)o2)c1. The van der Waals surface area contributed by atoms with Crippen LogP contribution in [0.25, 0.3) is 0 Å². The number of hydrogen-bond donors (Lipinski definition) is 0. The summed E-state index contributed by atoms with van der Waals surface area (Å²) >= 11 is 1.24. The number of anilines is 1. The molecule has 0 spiro atoms. The molecule has 1 heterocycles. The Balaban J connectivity index is 1.58. The highest BCUT2D eigenvalue weighted by Gasteiger charge is 2.22. The van der Waals surface area contributed by atoms with Crippen LogP contribution in [0.3, 0.4) is 0 Å². The Hall–Kier alpha value is -2.80. The molecule has 28 heavy (non-hydrogen) atoms. The largest absolute Gasteiger partial charge is 0.484 e. The van der Waals surface area contributed by atoms with Gasteiger partial charge in [-0.2, -0.15) is 0 Å². The monoisotopic (exact) mass is 397 g/mol. The van der Waals surface area contributed by atoms with E-state index in [0.29, 0.717) is 11.1 Å². The maximum Gasteiger partial charge on any atom is 0.277 e. The van der Waals surface area contributed by atoms with Crippen molar-refractivity contribution in [2.45, 2.75) is 37.9 Å². The first-order valence-electron chi connectivity index (χ1n) is 8.95. The van der Waals surface area contributed by atoms with Crippen molar-refractivity contribution in [1.82, 2.24) is 10.2 Å². The van der Waals surface area contributed by atoms with Crippen LogP contribution in [-0.2, 0) is 11.4 Å². The predicted molar refractivity (Wildman–Crippen MR) is 110 cm³/mol. The number of nitrogens with zero attached hydrogens (tertiary/aromatic N) is 3. The fraction of sp³-hybridized carbons (Fsp3) is 0.286. The van der Waals surface area contributed by atoms with Crippen molar-refractivity contribution in [1.29, 1.82) is 0 Å². The third-order valence-corrected chi connectivity index (χ3v) is 5.16. The average Bonchev–Trinajstić information content (AvgIpc) is 3.15. The molecule has 0 saturated heterocycles. The number of amides is 1. The molecule has 1 atom stereocenters. The van der Waals surface area contributed by atoms with Gasteiger partial charge < -0.3 is 14.1 Å². The predicted octanol–water partition coefficient (Wildman–Crippen LogP) is 4.41. The average molecular weight is 398 g/mol.